The Morgan fingerprint density at radius 2 is 2.00 bits per heavy atom. The summed E-state index contributed by atoms with van der Waals surface area (Å²) in [6.45, 7) is 4.36. The van der Waals surface area contributed by atoms with Crippen LogP contribution in [0, 0.1) is 12.3 Å². The van der Waals surface area contributed by atoms with Gasteiger partial charge >= 0.3 is 0 Å². The summed E-state index contributed by atoms with van der Waals surface area (Å²) in [6.07, 6.45) is 0. The fraction of sp³-hybridized carbons (Fsp3) is 0.111. The molecule has 0 aliphatic rings. The normalized spacial score (nSPS) is 9.42. The summed E-state index contributed by atoms with van der Waals surface area (Å²) in [5.74, 6) is -0.00583. The summed E-state index contributed by atoms with van der Waals surface area (Å²) >= 11 is 0. The molecule has 0 amide bonds. The second-order valence-corrected chi connectivity index (χ2v) is 2.58. The lowest BCUT2D eigenvalue weighted by Gasteiger charge is -2.03. The largest absolute Gasteiger partial charge is 0.370 e. The van der Waals surface area contributed by atoms with Crippen LogP contribution in [0.5, 0.6) is 0 Å². The molecule has 0 unspecified atom stereocenters. The number of hydrogen-bond donors (Lipinski definition) is 3. The lowest BCUT2D eigenvalue weighted by atomic mass is 10.1. The standard InChI is InChI=1S/C9H12N3/c1-7-2-4-8(5-3-7)6-12-9(10)11/h2-5H,1,6H2,(H4,10,11,12). The van der Waals surface area contributed by atoms with E-state index >= 15 is 0 Å². The average Bonchev–Trinajstić information content (AvgIpc) is 2.03. The van der Waals surface area contributed by atoms with Crippen LogP contribution in [0.3, 0.4) is 0 Å². The van der Waals surface area contributed by atoms with Crippen molar-refractivity contribution in [2.24, 2.45) is 5.73 Å². The lowest BCUT2D eigenvalue weighted by Crippen LogP contribution is -2.29. The van der Waals surface area contributed by atoms with Crippen LogP contribution < -0.4 is 11.1 Å². The van der Waals surface area contributed by atoms with E-state index in [-0.39, 0.29) is 5.96 Å². The van der Waals surface area contributed by atoms with E-state index in [9.17, 15) is 0 Å². The highest BCUT2D eigenvalue weighted by atomic mass is 15.0. The van der Waals surface area contributed by atoms with Gasteiger partial charge in [-0.15, -0.1) is 0 Å². The van der Waals surface area contributed by atoms with Crippen LogP contribution in [0.4, 0.5) is 0 Å². The molecule has 0 fully saturated rings. The van der Waals surface area contributed by atoms with Crippen molar-refractivity contribution in [3.05, 3.63) is 42.3 Å². The Morgan fingerprint density at radius 3 is 2.50 bits per heavy atom. The topological polar surface area (TPSA) is 61.9 Å². The molecule has 0 saturated heterocycles. The van der Waals surface area contributed by atoms with E-state index < -0.39 is 0 Å². The maximum atomic E-state index is 6.94. The van der Waals surface area contributed by atoms with Gasteiger partial charge in [0, 0.05) is 6.54 Å². The Bertz CT molecular complexity index is 264. The Balaban J connectivity index is 2.53. The van der Waals surface area contributed by atoms with Gasteiger partial charge in [0.05, 0.1) is 0 Å². The van der Waals surface area contributed by atoms with E-state index in [0.717, 1.165) is 11.1 Å². The number of benzene rings is 1. The number of nitrogens with one attached hydrogen (secondary N) is 2. The molecule has 0 spiro atoms. The van der Waals surface area contributed by atoms with E-state index in [1.54, 1.807) is 0 Å². The van der Waals surface area contributed by atoms with Crippen molar-refractivity contribution in [1.29, 1.82) is 5.41 Å². The third kappa shape index (κ3) is 2.62. The second kappa shape index (κ2) is 3.76. The number of hydrogen-bond acceptors (Lipinski definition) is 1. The third-order valence-corrected chi connectivity index (χ3v) is 1.51. The minimum Gasteiger partial charge on any atom is -0.370 e. The molecule has 0 aliphatic heterocycles. The molecule has 0 heterocycles. The van der Waals surface area contributed by atoms with E-state index in [1.807, 2.05) is 24.3 Å². The molecule has 0 atom stereocenters. The van der Waals surface area contributed by atoms with Gasteiger partial charge in [-0.3, -0.25) is 5.41 Å². The molecule has 0 bridgehead atoms. The first kappa shape index (κ1) is 8.59. The first-order valence-electron chi connectivity index (χ1n) is 3.67. The van der Waals surface area contributed by atoms with Crippen LogP contribution in [0.15, 0.2) is 24.3 Å². The predicted octanol–water partition coefficient (Wildman–Crippen LogP) is 0.852. The van der Waals surface area contributed by atoms with Crippen LogP contribution in [-0.2, 0) is 6.54 Å². The minimum absolute atomic E-state index is 0.00583. The van der Waals surface area contributed by atoms with Crippen LogP contribution in [0.1, 0.15) is 11.1 Å². The quantitative estimate of drug-likeness (QED) is 0.446. The highest BCUT2D eigenvalue weighted by Gasteiger charge is 1.91. The van der Waals surface area contributed by atoms with Crippen LogP contribution in [0.2, 0.25) is 0 Å². The fourth-order valence-electron chi connectivity index (χ4n) is 0.854. The summed E-state index contributed by atoms with van der Waals surface area (Å²) in [5.41, 5.74) is 7.21. The highest BCUT2D eigenvalue weighted by molar-refractivity contribution is 5.74. The van der Waals surface area contributed by atoms with Crippen molar-refractivity contribution >= 4 is 5.96 Å². The Kier molecular flexibility index (Phi) is 2.69. The molecule has 0 saturated carbocycles. The van der Waals surface area contributed by atoms with Crippen molar-refractivity contribution < 1.29 is 0 Å². The SMILES string of the molecule is [CH2]c1ccc(CNC(=N)N)cc1. The van der Waals surface area contributed by atoms with Crippen molar-refractivity contribution in [3.8, 4) is 0 Å². The number of rotatable bonds is 2. The van der Waals surface area contributed by atoms with Gasteiger partial charge in [0.2, 0.25) is 0 Å². The zero-order valence-corrected chi connectivity index (χ0v) is 6.80. The molecule has 3 heteroatoms. The summed E-state index contributed by atoms with van der Waals surface area (Å²) in [4.78, 5) is 0. The van der Waals surface area contributed by atoms with Crippen molar-refractivity contribution in [2.45, 2.75) is 6.54 Å². The molecule has 0 aromatic heterocycles. The van der Waals surface area contributed by atoms with E-state index in [0.29, 0.717) is 6.54 Å². The molecule has 1 radical (unpaired) electrons. The third-order valence-electron chi connectivity index (χ3n) is 1.51. The first-order chi connectivity index (χ1) is 5.68. The smallest absolute Gasteiger partial charge is 0.185 e. The van der Waals surface area contributed by atoms with Gasteiger partial charge in [-0.2, -0.15) is 0 Å². The number of nitrogens with two attached hydrogens (primary N) is 1. The zero-order valence-electron chi connectivity index (χ0n) is 6.80. The molecule has 4 N–H and O–H groups in total. The van der Waals surface area contributed by atoms with Gasteiger partial charge < -0.3 is 11.1 Å². The first-order valence-corrected chi connectivity index (χ1v) is 3.67. The summed E-state index contributed by atoms with van der Waals surface area (Å²) < 4.78 is 0. The Morgan fingerprint density at radius 1 is 1.42 bits per heavy atom. The predicted molar refractivity (Wildman–Crippen MR) is 49.7 cm³/mol. The molecule has 1 aromatic carbocycles. The molecular weight excluding hydrogens is 150 g/mol. The monoisotopic (exact) mass is 162 g/mol. The van der Waals surface area contributed by atoms with E-state index in [4.69, 9.17) is 11.1 Å². The molecule has 1 aromatic rings. The van der Waals surface area contributed by atoms with Gasteiger partial charge in [-0.25, -0.2) is 0 Å². The van der Waals surface area contributed by atoms with Crippen LogP contribution in [0.25, 0.3) is 0 Å². The Hall–Kier alpha value is -1.51. The van der Waals surface area contributed by atoms with Gasteiger partial charge in [0.25, 0.3) is 0 Å². The highest BCUT2D eigenvalue weighted by Crippen LogP contribution is 2.01. The van der Waals surface area contributed by atoms with Crippen LogP contribution >= 0.6 is 0 Å². The summed E-state index contributed by atoms with van der Waals surface area (Å²) in [7, 11) is 0. The van der Waals surface area contributed by atoms with E-state index in [1.165, 1.54) is 0 Å². The van der Waals surface area contributed by atoms with Crippen molar-refractivity contribution in [3.63, 3.8) is 0 Å². The molecule has 1 rings (SSSR count). The van der Waals surface area contributed by atoms with Crippen LogP contribution in [-0.4, -0.2) is 5.96 Å². The maximum absolute atomic E-state index is 6.94. The van der Waals surface area contributed by atoms with Crippen molar-refractivity contribution in [2.75, 3.05) is 0 Å². The molecule has 63 valence electrons. The van der Waals surface area contributed by atoms with Gasteiger partial charge in [-0.05, 0) is 18.1 Å². The second-order valence-electron chi connectivity index (χ2n) is 2.58. The number of guanidine groups is 1. The lowest BCUT2D eigenvalue weighted by molar-refractivity contribution is 0.896. The average molecular weight is 162 g/mol. The molecule has 0 aliphatic carbocycles. The zero-order chi connectivity index (χ0) is 8.97. The van der Waals surface area contributed by atoms with Gasteiger partial charge in [-0.1, -0.05) is 24.3 Å². The molecular formula is C9H12N3. The van der Waals surface area contributed by atoms with E-state index in [2.05, 4.69) is 12.2 Å². The summed E-state index contributed by atoms with van der Waals surface area (Å²) in [5, 5.41) is 9.66. The van der Waals surface area contributed by atoms with Gasteiger partial charge in [0.15, 0.2) is 5.96 Å². The molecule has 12 heavy (non-hydrogen) atoms. The Labute approximate surface area is 72.1 Å². The fourth-order valence-corrected chi connectivity index (χ4v) is 0.854. The van der Waals surface area contributed by atoms with Crippen molar-refractivity contribution in [1.82, 2.24) is 5.32 Å². The summed E-state index contributed by atoms with van der Waals surface area (Å²) in [6, 6.07) is 7.77. The molecule has 3 nitrogen and oxygen atoms in total. The maximum Gasteiger partial charge on any atom is 0.185 e. The van der Waals surface area contributed by atoms with Gasteiger partial charge in [0.1, 0.15) is 0 Å². The minimum atomic E-state index is -0.00583.